The molecule has 0 spiro atoms. The first-order valence-corrected chi connectivity index (χ1v) is 7.44. The molecule has 0 heterocycles. The molecular formula is C14H19F2NS. The maximum Gasteiger partial charge on any atom is 0.136 e. The van der Waals surface area contributed by atoms with E-state index in [0.717, 1.165) is 18.2 Å². The summed E-state index contributed by atoms with van der Waals surface area (Å²) in [6.45, 7) is 0. The largest absolute Gasteiger partial charge is 0.317 e. The van der Waals surface area contributed by atoms with Gasteiger partial charge in [-0.1, -0.05) is 6.42 Å². The van der Waals surface area contributed by atoms with Crippen LogP contribution in [0.1, 0.15) is 25.7 Å². The lowest BCUT2D eigenvalue weighted by Gasteiger charge is -2.18. The predicted octanol–water partition coefficient (Wildman–Crippen LogP) is 3.84. The van der Waals surface area contributed by atoms with Crippen molar-refractivity contribution in [1.29, 1.82) is 0 Å². The number of hydrogen-bond donors (Lipinski definition) is 1. The molecule has 2 rings (SSSR count). The summed E-state index contributed by atoms with van der Waals surface area (Å²) in [6.07, 6.45) is 4.82. The average Bonchev–Trinajstić information content (AvgIpc) is 2.81. The summed E-state index contributed by atoms with van der Waals surface area (Å²) in [4.78, 5) is 0.425. The van der Waals surface area contributed by atoms with Crippen molar-refractivity contribution in [2.75, 3.05) is 12.8 Å². The number of halogens is 2. The number of hydrogen-bond acceptors (Lipinski definition) is 2. The van der Waals surface area contributed by atoms with Gasteiger partial charge in [-0.25, -0.2) is 8.78 Å². The molecule has 2 atom stereocenters. The van der Waals surface area contributed by atoms with Crippen LogP contribution in [0.4, 0.5) is 8.78 Å². The first-order valence-electron chi connectivity index (χ1n) is 6.46. The van der Waals surface area contributed by atoms with Crippen molar-refractivity contribution in [3.05, 3.63) is 29.8 Å². The van der Waals surface area contributed by atoms with Gasteiger partial charge in [0, 0.05) is 10.9 Å². The van der Waals surface area contributed by atoms with E-state index in [2.05, 4.69) is 5.32 Å². The van der Waals surface area contributed by atoms with Gasteiger partial charge in [0.2, 0.25) is 0 Å². The first kappa shape index (κ1) is 13.8. The highest BCUT2D eigenvalue weighted by molar-refractivity contribution is 7.99. The van der Waals surface area contributed by atoms with Crippen LogP contribution < -0.4 is 5.32 Å². The lowest BCUT2D eigenvalue weighted by molar-refractivity contribution is 0.417. The molecule has 1 N–H and O–H groups in total. The Hall–Kier alpha value is -0.610. The van der Waals surface area contributed by atoms with Gasteiger partial charge in [0.15, 0.2) is 0 Å². The summed E-state index contributed by atoms with van der Waals surface area (Å²) < 4.78 is 26.4. The van der Waals surface area contributed by atoms with Gasteiger partial charge in [0.25, 0.3) is 0 Å². The molecule has 0 bridgehead atoms. The molecule has 0 amide bonds. The van der Waals surface area contributed by atoms with E-state index in [4.69, 9.17) is 0 Å². The second kappa shape index (κ2) is 6.53. The lowest BCUT2D eigenvalue weighted by Crippen LogP contribution is -2.29. The Bertz CT molecular complexity index is 397. The Labute approximate surface area is 111 Å². The highest BCUT2D eigenvalue weighted by atomic mass is 32.2. The first-order chi connectivity index (χ1) is 8.70. The van der Waals surface area contributed by atoms with Crippen LogP contribution in [0.5, 0.6) is 0 Å². The third-order valence-electron chi connectivity index (χ3n) is 3.67. The lowest BCUT2D eigenvalue weighted by atomic mass is 10.0. The smallest absolute Gasteiger partial charge is 0.136 e. The van der Waals surface area contributed by atoms with E-state index in [0.29, 0.717) is 16.9 Å². The molecule has 1 fully saturated rings. The highest BCUT2D eigenvalue weighted by Crippen LogP contribution is 2.31. The van der Waals surface area contributed by atoms with Crippen molar-refractivity contribution in [1.82, 2.24) is 5.32 Å². The summed E-state index contributed by atoms with van der Waals surface area (Å²) in [6, 6.07) is 4.24. The van der Waals surface area contributed by atoms with Crippen molar-refractivity contribution >= 4 is 11.8 Å². The molecule has 100 valence electrons. The molecule has 2 unspecified atom stereocenters. The van der Waals surface area contributed by atoms with Crippen LogP contribution in [0.3, 0.4) is 0 Å². The van der Waals surface area contributed by atoms with Crippen molar-refractivity contribution in [2.24, 2.45) is 5.92 Å². The summed E-state index contributed by atoms with van der Waals surface area (Å²) >= 11 is 1.42. The SMILES string of the molecule is CNC1CCCC1CCSc1cc(F)ccc1F. The van der Waals surface area contributed by atoms with E-state index >= 15 is 0 Å². The zero-order chi connectivity index (χ0) is 13.0. The molecule has 0 aromatic heterocycles. The van der Waals surface area contributed by atoms with E-state index in [-0.39, 0.29) is 11.6 Å². The Morgan fingerprint density at radius 3 is 2.94 bits per heavy atom. The fourth-order valence-corrected chi connectivity index (χ4v) is 3.71. The van der Waals surface area contributed by atoms with Crippen LogP contribution in [0.2, 0.25) is 0 Å². The Balaban J connectivity index is 1.83. The predicted molar refractivity (Wildman–Crippen MR) is 71.9 cm³/mol. The average molecular weight is 271 g/mol. The van der Waals surface area contributed by atoms with Crippen LogP contribution in [-0.4, -0.2) is 18.8 Å². The molecule has 0 radical (unpaired) electrons. The third-order valence-corrected chi connectivity index (χ3v) is 4.73. The van der Waals surface area contributed by atoms with Crippen LogP contribution in [-0.2, 0) is 0 Å². The zero-order valence-corrected chi connectivity index (χ0v) is 11.4. The number of benzene rings is 1. The van der Waals surface area contributed by atoms with Gasteiger partial charge in [0.1, 0.15) is 11.6 Å². The summed E-state index contributed by atoms with van der Waals surface area (Å²) in [5.41, 5.74) is 0. The van der Waals surface area contributed by atoms with Gasteiger partial charge >= 0.3 is 0 Å². The molecule has 1 aliphatic rings. The topological polar surface area (TPSA) is 12.0 Å². The fraction of sp³-hybridized carbons (Fsp3) is 0.571. The minimum absolute atomic E-state index is 0.321. The van der Waals surface area contributed by atoms with Crippen LogP contribution in [0.15, 0.2) is 23.1 Å². The second-order valence-electron chi connectivity index (χ2n) is 4.80. The maximum atomic E-state index is 13.4. The summed E-state index contributed by atoms with van der Waals surface area (Å²) in [5.74, 6) is 0.841. The van der Waals surface area contributed by atoms with E-state index in [1.165, 1.54) is 43.2 Å². The Morgan fingerprint density at radius 2 is 2.17 bits per heavy atom. The molecule has 1 nitrogen and oxygen atoms in total. The van der Waals surface area contributed by atoms with Crippen molar-refractivity contribution in [2.45, 2.75) is 36.6 Å². The number of rotatable bonds is 5. The minimum atomic E-state index is -0.368. The third kappa shape index (κ3) is 3.45. The molecule has 1 aromatic rings. The molecule has 1 aliphatic carbocycles. The van der Waals surface area contributed by atoms with E-state index in [9.17, 15) is 8.78 Å². The van der Waals surface area contributed by atoms with E-state index in [1.54, 1.807) is 0 Å². The summed E-state index contributed by atoms with van der Waals surface area (Å²) in [5, 5.41) is 3.34. The van der Waals surface area contributed by atoms with Gasteiger partial charge in [0.05, 0.1) is 0 Å². The molecule has 4 heteroatoms. The number of nitrogens with one attached hydrogen (secondary N) is 1. The molecule has 0 saturated heterocycles. The van der Waals surface area contributed by atoms with Crippen LogP contribution >= 0.6 is 11.8 Å². The maximum absolute atomic E-state index is 13.4. The van der Waals surface area contributed by atoms with Gasteiger partial charge in [-0.15, -0.1) is 11.8 Å². The summed E-state index contributed by atoms with van der Waals surface area (Å²) in [7, 11) is 2.00. The molecule has 0 aliphatic heterocycles. The molecule has 18 heavy (non-hydrogen) atoms. The highest BCUT2D eigenvalue weighted by Gasteiger charge is 2.25. The van der Waals surface area contributed by atoms with Gasteiger partial charge in [-0.3, -0.25) is 0 Å². The van der Waals surface area contributed by atoms with Gasteiger partial charge in [-0.05, 0) is 56.2 Å². The quantitative estimate of drug-likeness (QED) is 0.817. The van der Waals surface area contributed by atoms with Crippen molar-refractivity contribution < 1.29 is 8.78 Å². The zero-order valence-electron chi connectivity index (χ0n) is 10.6. The normalized spacial score (nSPS) is 23.5. The van der Waals surface area contributed by atoms with Crippen LogP contribution in [0.25, 0.3) is 0 Å². The van der Waals surface area contributed by atoms with Crippen LogP contribution in [0, 0.1) is 17.6 Å². The standard InChI is InChI=1S/C14H19F2NS/c1-17-13-4-2-3-10(13)7-8-18-14-9-11(15)5-6-12(14)16/h5-6,9-10,13,17H,2-4,7-8H2,1H3. The Morgan fingerprint density at radius 1 is 1.33 bits per heavy atom. The van der Waals surface area contributed by atoms with Gasteiger partial charge < -0.3 is 5.32 Å². The minimum Gasteiger partial charge on any atom is -0.317 e. The molecular weight excluding hydrogens is 252 g/mol. The number of thioether (sulfide) groups is 1. The van der Waals surface area contributed by atoms with Crippen molar-refractivity contribution in [3.63, 3.8) is 0 Å². The van der Waals surface area contributed by atoms with Crippen molar-refractivity contribution in [3.8, 4) is 0 Å². The molecule has 1 aromatic carbocycles. The van der Waals surface area contributed by atoms with E-state index in [1.807, 2.05) is 7.05 Å². The molecule has 1 saturated carbocycles. The Kier molecular flexibility index (Phi) is 5.01. The fourth-order valence-electron chi connectivity index (χ4n) is 2.67. The van der Waals surface area contributed by atoms with E-state index < -0.39 is 0 Å². The second-order valence-corrected chi connectivity index (χ2v) is 5.93. The van der Waals surface area contributed by atoms with Gasteiger partial charge in [-0.2, -0.15) is 0 Å². The monoisotopic (exact) mass is 271 g/mol.